The average molecular weight is 449 g/mol. The zero-order chi connectivity index (χ0) is 22.7. The lowest BCUT2D eigenvalue weighted by molar-refractivity contribution is -0.207. The Balaban J connectivity index is 2.59. The van der Waals surface area contributed by atoms with Gasteiger partial charge in [-0.25, -0.2) is 4.79 Å². The molecule has 0 spiro atoms. The van der Waals surface area contributed by atoms with Crippen LogP contribution in [0.5, 0.6) is 0 Å². The minimum atomic E-state index is -5.26. The first-order valence-electron chi connectivity index (χ1n) is 9.70. The monoisotopic (exact) mass is 449 g/mol. The van der Waals surface area contributed by atoms with Crippen LogP contribution in [-0.2, 0) is 27.2 Å². The minimum absolute atomic E-state index is 0.0780. The summed E-state index contributed by atoms with van der Waals surface area (Å²) >= 11 is 0.939. The Morgan fingerprint density at radius 3 is 2.37 bits per heavy atom. The SMILES string of the molecule is CCOC(=O)[C@](NC(=O)CC(C)C)(Nc1sc2c(c1C(N)=O)CCCC2)C(F)(F)F. The molecule has 0 saturated carbocycles. The van der Waals surface area contributed by atoms with Crippen LogP contribution < -0.4 is 16.4 Å². The normalized spacial score (nSPS) is 15.8. The maximum atomic E-state index is 14.3. The average Bonchev–Trinajstić information content (AvgIpc) is 2.97. The second-order valence-corrected chi connectivity index (χ2v) is 8.62. The number of nitrogens with one attached hydrogen (secondary N) is 2. The number of halogens is 3. The lowest BCUT2D eigenvalue weighted by Gasteiger charge is -2.35. The second-order valence-electron chi connectivity index (χ2n) is 7.52. The molecule has 1 heterocycles. The van der Waals surface area contributed by atoms with Gasteiger partial charge in [-0.2, -0.15) is 13.2 Å². The largest absolute Gasteiger partial charge is 0.463 e. The van der Waals surface area contributed by atoms with Crippen molar-refractivity contribution >= 4 is 34.1 Å². The van der Waals surface area contributed by atoms with Gasteiger partial charge in [0, 0.05) is 11.3 Å². The van der Waals surface area contributed by atoms with Gasteiger partial charge in [0.05, 0.1) is 12.2 Å². The van der Waals surface area contributed by atoms with Crippen molar-refractivity contribution in [2.45, 2.75) is 64.7 Å². The molecule has 2 rings (SSSR count). The van der Waals surface area contributed by atoms with Gasteiger partial charge < -0.3 is 21.1 Å². The smallest absolute Gasteiger partial charge is 0.441 e. The Bertz CT molecular complexity index is 823. The predicted octanol–water partition coefficient (Wildman–Crippen LogP) is 3.12. The van der Waals surface area contributed by atoms with E-state index in [2.05, 4.69) is 10.1 Å². The molecular weight excluding hydrogens is 423 g/mol. The summed E-state index contributed by atoms with van der Waals surface area (Å²) < 4.78 is 47.4. The van der Waals surface area contributed by atoms with Crippen LogP contribution in [0, 0.1) is 5.92 Å². The lowest BCUT2D eigenvalue weighted by Crippen LogP contribution is -2.69. The Morgan fingerprint density at radius 2 is 1.83 bits per heavy atom. The van der Waals surface area contributed by atoms with Crippen molar-refractivity contribution < 1.29 is 32.3 Å². The number of alkyl halides is 3. The molecule has 0 unspecified atom stereocenters. The summed E-state index contributed by atoms with van der Waals surface area (Å²) in [5, 5.41) is 3.70. The highest BCUT2D eigenvalue weighted by Gasteiger charge is 2.64. The third-order valence-electron chi connectivity index (χ3n) is 4.65. The molecular formula is C19H26F3N3O4S. The number of fused-ring (bicyclic) bond motifs is 1. The van der Waals surface area contributed by atoms with Gasteiger partial charge in [-0.05, 0) is 44.1 Å². The standard InChI is InChI=1S/C19H26F3N3O4S/c1-4-29-17(28)18(19(20,21)22,24-13(26)9-10(2)3)25-16-14(15(23)27)11-7-5-6-8-12(11)30-16/h10,25H,4-9H2,1-3H3,(H2,23,27)(H,24,26)/t18-/m0/s1. The number of nitrogens with two attached hydrogens (primary N) is 1. The molecule has 4 N–H and O–H groups in total. The zero-order valence-corrected chi connectivity index (χ0v) is 17.9. The van der Waals surface area contributed by atoms with Crippen LogP contribution in [0.2, 0.25) is 0 Å². The number of amides is 2. The fraction of sp³-hybridized carbons (Fsp3) is 0.632. The predicted molar refractivity (Wildman–Crippen MR) is 106 cm³/mol. The Labute approximate surface area is 176 Å². The van der Waals surface area contributed by atoms with E-state index in [1.165, 1.54) is 6.92 Å². The third-order valence-corrected chi connectivity index (χ3v) is 5.85. The molecule has 1 aromatic heterocycles. The van der Waals surface area contributed by atoms with Crippen LogP contribution in [0.3, 0.4) is 0 Å². The molecule has 168 valence electrons. The summed E-state index contributed by atoms with van der Waals surface area (Å²) in [6.07, 6.45) is -2.78. The van der Waals surface area contributed by atoms with E-state index in [0.29, 0.717) is 18.4 Å². The van der Waals surface area contributed by atoms with Crippen LogP contribution in [0.1, 0.15) is 60.8 Å². The van der Waals surface area contributed by atoms with Crippen LogP contribution in [0.25, 0.3) is 0 Å². The molecule has 0 bridgehead atoms. The number of thiophene rings is 1. The molecule has 0 fully saturated rings. The summed E-state index contributed by atoms with van der Waals surface area (Å²) in [4.78, 5) is 37.6. The lowest BCUT2D eigenvalue weighted by atomic mass is 9.95. The molecule has 1 aliphatic rings. The van der Waals surface area contributed by atoms with Crippen molar-refractivity contribution in [2.75, 3.05) is 11.9 Å². The Kier molecular flexibility index (Phi) is 7.38. The van der Waals surface area contributed by atoms with Gasteiger partial charge in [0.2, 0.25) is 5.91 Å². The van der Waals surface area contributed by atoms with Crippen molar-refractivity contribution in [3.05, 3.63) is 16.0 Å². The molecule has 0 aliphatic heterocycles. The quantitative estimate of drug-likeness (QED) is 0.417. The molecule has 0 saturated heterocycles. The van der Waals surface area contributed by atoms with E-state index in [4.69, 9.17) is 5.73 Å². The van der Waals surface area contributed by atoms with E-state index < -0.39 is 29.6 Å². The highest BCUT2D eigenvalue weighted by molar-refractivity contribution is 7.16. The zero-order valence-electron chi connectivity index (χ0n) is 17.1. The van der Waals surface area contributed by atoms with E-state index >= 15 is 0 Å². The van der Waals surface area contributed by atoms with Gasteiger partial charge in [0.25, 0.3) is 5.91 Å². The molecule has 1 aliphatic carbocycles. The topological polar surface area (TPSA) is 111 Å². The number of ether oxygens (including phenoxy) is 1. The summed E-state index contributed by atoms with van der Waals surface area (Å²) in [6.45, 7) is 4.34. The molecule has 2 amide bonds. The number of esters is 1. The highest BCUT2D eigenvalue weighted by atomic mass is 32.1. The van der Waals surface area contributed by atoms with Crippen molar-refractivity contribution in [1.29, 1.82) is 0 Å². The van der Waals surface area contributed by atoms with Crippen molar-refractivity contribution in [3.8, 4) is 0 Å². The number of hydrogen-bond donors (Lipinski definition) is 3. The van der Waals surface area contributed by atoms with E-state index in [1.54, 1.807) is 19.2 Å². The van der Waals surface area contributed by atoms with E-state index in [0.717, 1.165) is 29.1 Å². The third kappa shape index (κ3) is 4.88. The molecule has 30 heavy (non-hydrogen) atoms. The summed E-state index contributed by atoms with van der Waals surface area (Å²) in [5.74, 6) is -3.83. The molecule has 0 radical (unpaired) electrons. The molecule has 1 atom stereocenters. The maximum absolute atomic E-state index is 14.3. The second kappa shape index (κ2) is 9.23. The first kappa shape index (κ1) is 24.0. The van der Waals surface area contributed by atoms with E-state index in [1.807, 2.05) is 0 Å². The molecule has 11 heteroatoms. The molecule has 0 aromatic carbocycles. The van der Waals surface area contributed by atoms with E-state index in [-0.39, 0.29) is 29.5 Å². The van der Waals surface area contributed by atoms with E-state index in [9.17, 15) is 27.6 Å². The van der Waals surface area contributed by atoms with Crippen LogP contribution >= 0.6 is 11.3 Å². The molecule has 7 nitrogen and oxygen atoms in total. The number of anilines is 1. The van der Waals surface area contributed by atoms with Crippen molar-refractivity contribution in [3.63, 3.8) is 0 Å². The number of hydrogen-bond acceptors (Lipinski definition) is 6. The Hall–Kier alpha value is -2.30. The first-order chi connectivity index (χ1) is 13.9. The number of aryl methyl sites for hydroxylation is 1. The number of primary amides is 1. The van der Waals surface area contributed by atoms with Gasteiger partial charge in [-0.3, -0.25) is 9.59 Å². The van der Waals surface area contributed by atoms with Crippen molar-refractivity contribution in [1.82, 2.24) is 5.32 Å². The van der Waals surface area contributed by atoms with Crippen molar-refractivity contribution in [2.24, 2.45) is 11.7 Å². The fourth-order valence-electron chi connectivity index (χ4n) is 3.35. The number of carbonyl (C=O) groups excluding carboxylic acids is 3. The summed E-state index contributed by atoms with van der Waals surface area (Å²) in [6, 6.07) is 0. The maximum Gasteiger partial charge on any atom is 0.441 e. The van der Waals surface area contributed by atoms with Crippen LogP contribution in [-0.4, -0.2) is 36.2 Å². The Morgan fingerprint density at radius 1 is 1.20 bits per heavy atom. The number of carbonyl (C=O) groups is 3. The summed E-state index contributed by atoms with van der Waals surface area (Å²) in [7, 11) is 0. The van der Waals surface area contributed by atoms with Crippen LogP contribution in [0.15, 0.2) is 0 Å². The highest BCUT2D eigenvalue weighted by Crippen LogP contribution is 2.42. The summed E-state index contributed by atoms with van der Waals surface area (Å²) in [5.41, 5.74) is 2.42. The number of rotatable bonds is 8. The first-order valence-corrected chi connectivity index (χ1v) is 10.5. The fourth-order valence-corrected chi connectivity index (χ4v) is 4.70. The molecule has 1 aromatic rings. The van der Waals surface area contributed by atoms with Gasteiger partial charge in [-0.1, -0.05) is 13.8 Å². The van der Waals surface area contributed by atoms with Gasteiger partial charge in [-0.15, -0.1) is 11.3 Å². The van der Waals surface area contributed by atoms with Gasteiger partial charge >= 0.3 is 17.8 Å². The van der Waals surface area contributed by atoms with Gasteiger partial charge in [0.15, 0.2) is 0 Å². The van der Waals surface area contributed by atoms with Crippen LogP contribution in [0.4, 0.5) is 18.2 Å². The minimum Gasteiger partial charge on any atom is -0.463 e. The van der Waals surface area contributed by atoms with Gasteiger partial charge in [0.1, 0.15) is 5.00 Å².